The summed E-state index contributed by atoms with van der Waals surface area (Å²) in [5.74, 6) is -0.816. The van der Waals surface area contributed by atoms with Crippen molar-refractivity contribution in [2.24, 2.45) is 0 Å². The van der Waals surface area contributed by atoms with E-state index in [2.05, 4.69) is 10.4 Å². The van der Waals surface area contributed by atoms with Gasteiger partial charge < -0.3 is 5.32 Å². The number of carbonyl (C=O) groups is 1. The van der Waals surface area contributed by atoms with Crippen LogP contribution in [-0.2, 0) is 12.7 Å². The number of hydrogen-bond donors (Lipinski definition) is 1. The molecular weight excluding hydrogens is 329 g/mol. The van der Waals surface area contributed by atoms with Gasteiger partial charge in [0.05, 0.1) is 10.5 Å². The molecule has 128 valence electrons. The zero-order valence-electron chi connectivity index (χ0n) is 12.7. The third-order valence-corrected chi connectivity index (χ3v) is 3.26. The second-order valence-corrected chi connectivity index (χ2v) is 4.88. The molecule has 0 bridgehead atoms. The number of benzene rings is 1. The largest absolute Gasteiger partial charge is 0.416 e. The average molecular weight is 342 g/mol. The first-order chi connectivity index (χ1) is 11.1. The number of amides is 1. The number of halogens is 3. The molecule has 1 amide bonds. The Bertz CT molecular complexity index is 782. The van der Waals surface area contributed by atoms with Crippen molar-refractivity contribution >= 4 is 17.3 Å². The molecule has 7 nitrogen and oxygen atoms in total. The molecule has 0 aliphatic rings. The quantitative estimate of drug-likeness (QED) is 0.681. The van der Waals surface area contributed by atoms with E-state index in [1.165, 1.54) is 11.6 Å². The van der Waals surface area contributed by atoms with Gasteiger partial charge >= 0.3 is 11.9 Å². The van der Waals surface area contributed by atoms with Crippen LogP contribution in [0.25, 0.3) is 0 Å². The minimum absolute atomic E-state index is 0.0828. The lowest BCUT2D eigenvalue weighted by Crippen LogP contribution is -2.19. The Morgan fingerprint density at radius 1 is 1.33 bits per heavy atom. The Morgan fingerprint density at radius 3 is 2.38 bits per heavy atom. The first kappa shape index (κ1) is 17.4. The van der Waals surface area contributed by atoms with Crippen molar-refractivity contribution in [2.45, 2.75) is 26.6 Å². The van der Waals surface area contributed by atoms with Crippen molar-refractivity contribution in [3.63, 3.8) is 0 Å². The summed E-state index contributed by atoms with van der Waals surface area (Å²) in [7, 11) is 0. The number of nitrogens with one attached hydrogen (secondary N) is 1. The Kier molecular flexibility index (Phi) is 4.58. The van der Waals surface area contributed by atoms with Crippen LogP contribution in [0.1, 0.15) is 28.7 Å². The fraction of sp³-hybridized carbons (Fsp3) is 0.286. The summed E-state index contributed by atoms with van der Waals surface area (Å²) >= 11 is 0. The van der Waals surface area contributed by atoms with Gasteiger partial charge in [-0.15, -0.1) is 0 Å². The van der Waals surface area contributed by atoms with Gasteiger partial charge in [0.2, 0.25) is 5.69 Å². The third kappa shape index (κ3) is 3.36. The van der Waals surface area contributed by atoms with Crippen LogP contribution in [0.15, 0.2) is 24.3 Å². The van der Waals surface area contributed by atoms with E-state index >= 15 is 0 Å². The first-order valence-corrected chi connectivity index (χ1v) is 6.85. The highest BCUT2D eigenvalue weighted by Crippen LogP contribution is 2.30. The second-order valence-electron chi connectivity index (χ2n) is 4.88. The maximum Gasteiger partial charge on any atom is 0.416 e. The van der Waals surface area contributed by atoms with Crippen molar-refractivity contribution in [3.8, 4) is 0 Å². The number of nitro groups is 1. The molecule has 0 saturated carbocycles. The highest BCUT2D eigenvalue weighted by atomic mass is 19.4. The maximum atomic E-state index is 12.5. The third-order valence-electron chi connectivity index (χ3n) is 3.26. The zero-order valence-corrected chi connectivity index (χ0v) is 12.7. The van der Waals surface area contributed by atoms with E-state index in [9.17, 15) is 28.1 Å². The molecule has 2 rings (SSSR count). The fourth-order valence-corrected chi connectivity index (χ4v) is 2.18. The first-order valence-electron chi connectivity index (χ1n) is 6.85. The van der Waals surface area contributed by atoms with Gasteiger partial charge in [-0.25, -0.2) is 0 Å². The van der Waals surface area contributed by atoms with Crippen molar-refractivity contribution in [1.82, 2.24) is 9.78 Å². The van der Waals surface area contributed by atoms with Crippen LogP contribution in [0.5, 0.6) is 0 Å². The number of aromatic nitrogens is 2. The Hall–Kier alpha value is -2.91. The zero-order chi connectivity index (χ0) is 18.1. The minimum Gasteiger partial charge on any atom is -0.320 e. The van der Waals surface area contributed by atoms with Crippen LogP contribution < -0.4 is 5.32 Å². The number of hydrogen-bond acceptors (Lipinski definition) is 4. The summed E-state index contributed by atoms with van der Waals surface area (Å²) in [5, 5.41) is 17.4. The smallest absolute Gasteiger partial charge is 0.320 e. The number of nitrogens with zero attached hydrogens (tertiary/aromatic N) is 3. The van der Waals surface area contributed by atoms with Gasteiger partial charge in [-0.05, 0) is 38.1 Å². The number of carbonyl (C=O) groups excluding carboxylic acids is 1. The molecule has 1 aromatic heterocycles. The number of rotatable bonds is 4. The molecule has 1 aromatic carbocycles. The summed E-state index contributed by atoms with van der Waals surface area (Å²) in [6.45, 7) is 3.29. The molecule has 0 aliphatic heterocycles. The second kappa shape index (κ2) is 6.30. The molecule has 0 fully saturated rings. The molecule has 0 radical (unpaired) electrons. The highest BCUT2D eigenvalue weighted by Gasteiger charge is 2.31. The van der Waals surface area contributed by atoms with Crippen LogP contribution in [0.4, 0.5) is 24.5 Å². The van der Waals surface area contributed by atoms with E-state index in [1.807, 2.05) is 0 Å². The Morgan fingerprint density at radius 2 is 1.92 bits per heavy atom. The van der Waals surface area contributed by atoms with Gasteiger partial charge in [0.1, 0.15) is 5.69 Å². The molecule has 0 unspecified atom stereocenters. The summed E-state index contributed by atoms with van der Waals surface area (Å²) in [6.07, 6.45) is -4.49. The van der Waals surface area contributed by atoms with E-state index in [1.54, 1.807) is 6.92 Å². The Labute approximate surface area is 134 Å². The fourth-order valence-electron chi connectivity index (χ4n) is 2.18. The van der Waals surface area contributed by atoms with Crippen LogP contribution in [0.3, 0.4) is 0 Å². The number of aryl methyl sites for hydroxylation is 2. The highest BCUT2D eigenvalue weighted by molar-refractivity contribution is 6.06. The summed E-state index contributed by atoms with van der Waals surface area (Å²) in [4.78, 5) is 22.7. The van der Waals surface area contributed by atoms with Gasteiger partial charge in [0.25, 0.3) is 5.91 Å². The molecule has 2 aromatic rings. The normalized spacial score (nSPS) is 11.4. The van der Waals surface area contributed by atoms with Gasteiger partial charge in [-0.2, -0.15) is 18.3 Å². The molecule has 1 N–H and O–H groups in total. The van der Waals surface area contributed by atoms with E-state index in [4.69, 9.17) is 0 Å². The van der Waals surface area contributed by atoms with Crippen molar-refractivity contribution in [1.29, 1.82) is 0 Å². The van der Waals surface area contributed by atoms with Crippen LogP contribution in [0.2, 0.25) is 0 Å². The monoisotopic (exact) mass is 342 g/mol. The van der Waals surface area contributed by atoms with E-state index in [0.717, 1.165) is 24.3 Å². The van der Waals surface area contributed by atoms with Gasteiger partial charge in [0.15, 0.2) is 0 Å². The van der Waals surface area contributed by atoms with E-state index in [-0.39, 0.29) is 23.6 Å². The summed E-state index contributed by atoms with van der Waals surface area (Å²) < 4.78 is 38.7. The van der Waals surface area contributed by atoms with E-state index in [0.29, 0.717) is 0 Å². The minimum atomic E-state index is -4.49. The lowest BCUT2D eigenvalue weighted by Gasteiger charge is -2.09. The summed E-state index contributed by atoms with van der Waals surface area (Å²) in [5.41, 5.74) is -1.37. The van der Waals surface area contributed by atoms with Crippen molar-refractivity contribution < 1.29 is 22.9 Å². The van der Waals surface area contributed by atoms with Crippen LogP contribution in [-0.4, -0.2) is 20.6 Å². The number of anilines is 1. The maximum absolute atomic E-state index is 12.5. The molecule has 10 heteroatoms. The molecule has 24 heavy (non-hydrogen) atoms. The van der Waals surface area contributed by atoms with Crippen LogP contribution >= 0.6 is 0 Å². The molecule has 0 atom stereocenters. The SMILES string of the molecule is CCn1nc(C)c([N+](=O)[O-])c1C(=O)Nc1ccc(C(F)(F)F)cc1. The van der Waals surface area contributed by atoms with Crippen molar-refractivity contribution in [2.75, 3.05) is 5.32 Å². The number of alkyl halides is 3. The van der Waals surface area contributed by atoms with E-state index < -0.39 is 28.3 Å². The standard InChI is InChI=1S/C14H13F3N4O3/c1-3-20-12(11(21(23)24)8(2)19-20)13(22)18-10-6-4-9(5-7-10)14(15,16)17/h4-7H,3H2,1-2H3,(H,18,22). The molecule has 0 saturated heterocycles. The van der Waals surface area contributed by atoms with Gasteiger partial charge in [-0.1, -0.05) is 0 Å². The predicted molar refractivity (Wildman–Crippen MR) is 78.7 cm³/mol. The Balaban J connectivity index is 2.32. The average Bonchev–Trinajstić information content (AvgIpc) is 2.83. The van der Waals surface area contributed by atoms with Gasteiger partial charge in [0, 0.05) is 12.2 Å². The van der Waals surface area contributed by atoms with Crippen molar-refractivity contribution in [3.05, 3.63) is 51.3 Å². The topological polar surface area (TPSA) is 90.1 Å². The molecule has 0 aliphatic carbocycles. The lowest BCUT2D eigenvalue weighted by atomic mass is 10.2. The van der Waals surface area contributed by atoms with Gasteiger partial charge in [-0.3, -0.25) is 19.6 Å². The molecule has 0 spiro atoms. The summed E-state index contributed by atoms with van der Waals surface area (Å²) in [6, 6.07) is 3.77. The lowest BCUT2D eigenvalue weighted by molar-refractivity contribution is -0.385. The predicted octanol–water partition coefficient (Wildman–Crippen LogP) is 3.39. The molecule has 1 heterocycles. The van der Waals surface area contributed by atoms with Crippen LogP contribution in [0, 0.1) is 17.0 Å². The molecular formula is C14H13F3N4O3.